The van der Waals surface area contributed by atoms with Crippen LogP contribution in [0, 0.1) is 0 Å². The summed E-state index contributed by atoms with van der Waals surface area (Å²) in [6.07, 6.45) is -12.8. The molecule has 0 aromatic rings. The number of epoxide rings is 1. The van der Waals surface area contributed by atoms with E-state index < -0.39 is 73.9 Å². The highest BCUT2D eigenvalue weighted by Gasteiger charge is 2.60. The summed E-state index contributed by atoms with van der Waals surface area (Å²) in [6.45, 7) is 1.05. The van der Waals surface area contributed by atoms with Gasteiger partial charge in [-0.15, -0.1) is 0 Å². The summed E-state index contributed by atoms with van der Waals surface area (Å²) >= 11 is 0. The van der Waals surface area contributed by atoms with E-state index in [0.717, 1.165) is 0 Å². The van der Waals surface area contributed by atoms with Crippen molar-refractivity contribution in [2.45, 2.75) is 74.4 Å². The van der Waals surface area contributed by atoms with Crippen LogP contribution in [-0.2, 0) is 28.3 Å². The second kappa shape index (κ2) is 9.03. The molecule has 7 N–H and O–H groups in total. The van der Waals surface area contributed by atoms with Crippen molar-refractivity contribution in [3.05, 3.63) is 0 Å². The first-order chi connectivity index (χ1) is 13.7. The van der Waals surface area contributed by atoms with Crippen LogP contribution < -0.4 is 5.32 Å². The Morgan fingerprint density at radius 1 is 1.14 bits per heavy atom. The molecule has 0 bridgehead atoms. The normalized spacial score (nSPS) is 48.3. The molecule has 0 unspecified atom stereocenters. The molecule has 3 rings (SSSR count). The van der Waals surface area contributed by atoms with Crippen molar-refractivity contribution in [2.75, 3.05) is 20.3 Å². The van der Waals surface area contributed by atoms with Gasteiger partial charge in [0.05, 0.1) is 6.61 Å². The van der Waals surface area contributed by atoms with Gasteiger partial charge in [0.25, 0.3) is 6.10 Å². The van der Waals surface area contributed by atoms with Crippen molar-refractivity contribution in [3.8, 4) is 0 Å². The highest BCUT2D eigenvalue weighted by atomic mass is 17.1. The van der Waals surface area contributed by atoms with Crippen LogP contribution >= 0.6 is 0 Å². The van der Waals surface area contributed by atoms with Gasteiger partial charge in [-0.05, 0) is 0 Å². The van der Waals surface area contributed by atoms with Crippen molar-refractivity contribution in [3.63, 3.8) is 0 Å². The van der Waals surface area contributed by atoms with E-state index in [9.17, 15) is 30.3 Å². The fraction of sp³-hybridized carbons (Fsp3) is 0.938. The summed E-state index contributed by atoms with van der Waals surface area (Å²) in [5.74, 6) is -0.544. The van der Waals surface area contributed by atoms with Gasteiger partial charge in [0.1, 0.15) is 43.7 Å². The van der Waals surface area contributed by atoms with Gasteiger partial charge in [-0.1, -0.05) is 0 Å². The maximum atomic E-state index is 11.4. The molecule has 3 saturated heterocycles. The Bertz CT molecular complexity index is 580. The molecule has 168 valence electrons. The highest BCUT2D eigenvalue weighted by Crippen LogP contribution is 2.36. The molecule has 13 nitrogen and oxygen atoms in total. The Balaban J connectivity index is 1.78. The maximum absolute atomic E-state index is 11.4. The predicted molar refractivity (Wildman–Crippen MR) is 90.3 cm³/mol. The molecule has 0 aromatic heterocycles. The second-order valence-corrected chi connectivity index (χ2v) is 7.48. The number of rotatable bonds is 6. The summed E-state index contributed by atoms with van der Waals surface area (Å²) in [4.78, 5) is 15.6. The van der Waals surface area contributed by atoms with E-state index in [1.165, 1.54) is 6.92 Å². The van der Waals surface area contributed by atoms with Gasteiger partial charge in [0.15, 0.2) is 24.8 Å². The van der Waals surface area contributed by atoms with E-state index >= 15 is 0 Å². The minimum absolute atomic E-state index is 0.281. The Morgan fingerprint density at radius 3 is 2.31 bits per heavy atom. The zero-order valence-electron chi connectivity index (χ0n) is 15.9. The second-order valence-electron chi connectivity index (χ2n) is 7.48. The molecule has 13 heteroatoms. The fourth-order valence-corrected chi connectivity index (χ4v) is 3.74. The lowest BCUT2D eigenvalue weighted by Crippen LogP contribution is -2.67. The van der Waals surface area contributed by atoms with Gasteiger partial charge in [-0.25, -0.2) is 4.89 Å². The van der Waals surface area contributed by atoms with Crippen LogP contribution in [0.25, 0.3) is 0 Å². The summed E-state index contributed by atoms with van der Waals surface area (Å²) in [5, 5.41) is 62.3. The number of hydrogen-bond acceptors (Lipinski definition) is 11. The lowest BCUT2D eigenvalue weighted by atomic mass is 9.95. The first kappa shape index (κ1) is 22.7. The standard InChI is InChI=1S/C16H27NO12/c1-5(19)17-8-9(20)12(6(3-18)25-15(8)23)26-16-11(22)14(28-24)10(21)13(27-16)7-4-29(7)2/h6-16,18,20-23H,3-4H2,1-2H3,(H-,17,19,24)/p+1/t6-,7+,8-,9-,10+,11-,12-,13-,14+,15-,16-/m1/s1. The summed E-state index contributed by atoms with van der Waals surface area (Å²) in [5.41, 5.74) is 0. The molecule has 3 heterocycles. The molecule has 0 aliphatic carbocycles. The van der Waals surface area contributed by atoms with Crippen LogP contribution in [0.3, 0.4) is 0 Å². The zero-order chi connectivity index (χ0) is 21.5. The largest absolute Gasteiger partial charge is 0.408 e. The van der Waals surface area contributed by atoms with Crippen molar-refractivity contribution in [2.24, 2.45) is 0 Å². The van der Waals surface area contributed by atoms with Crippen LogP contribution in [0.15, 0.2) is 0 Å². The summed E-state index contributed by atoms with van der Waals surface area (Å²) in [6, 6.07) is -1.27. The van der Waals surface area contributed by atoms with Gasteiger partial charge >= 0.3 is 0 Å². The van der Waals surface area contributed by atoms with Crippen molar-refractivity contribution in [1.29, 1.82) is 0 Å². The van der Waals surface area contributed by atoms with Gasteiger partial charge < -0.3 is 49.4 Å². The number of ether oxygens (including phenoxy) is 3. The molecule has 0 aromatic carbocycles. The predicted octanol–water partition coefficient (Wildman–Crippen LogP) is -4.18. The van der Waals surface area contributed by atoms with Gasteiger partial charge in [0.2, 0.25) is 12.5 Å². The molecule has 0 radical (unpaired) electrons. The first-order valence-corrected chi connectivity index (χ1v) is 9.17. The van der Waals surface area contributed by atoms with E-state index in [2.05, 4.69) is 14.6 Å². The molecule has 29 heavy (non-hydrogen) atoms. The molecule has 1 amide bonds. The lowest BCUT2D eigenvalue weighted by molar-refractivity contribution is -0.391. The SMILES string of the molecule is CC(=O)N[C@@H]1[C@@H](O)[C@H](O[C@@H]2O[C@H]([C@@H]3C[O+]3C)[C@H](O)[C@H](OO)[C@H]2O)[C@@H](CO)O[C@H]1O. The van der Waals surface area contributed by atoms with Gasteiger partial charge in [-0.2, -0.15) is 0 Å². The molecule has 11 atom stereocenters. The van der Waals surface area contributed by atoms with E-state index in [1.807, 2.05) is 0 Å². The van der Waals surface area contributed by atoms with E-state index in [-0.39, 0.29) is 6.10 Å². The third-order valence-electron chi connectivity index (χ3n) is 5.43. The van der Waals surface area contributed by atoms with Gasteiger partial charge in [-0.3, -0.25) is 10.1 Å². The molecular formula is C16H28NO12+. The number of nitrogens with one attached hydrogen (secondary N) is 1. The average Bonchev–Trinajstić information content (AvgIpc) is 3.39. The molecule has 3 aliphatic heterocycles. The van der Waals surface area contributed by atoms with Crippen LogP contribution in [-0.4, -0.2) is 124 Å². The fourth-order valence-electron chi connectivity index (χ4n) is 3.74. The molecular weight excluding hydrogens is 398 g/mol. The average molecular weight is 426 g/mol. The summed E-state index contributed by atoms with van der Waals surface area (Å²) < 4.78 is 19.2. The van der Waals surface area contributed by atoms with Crippen LogP contribution in [0.5, 0.6) is 0 Å². The van der Waals surface area contributed by atoms with Crippen molar-refractivity contribution < 1.29 is 59.0 Å². The zero-order valence-corrected chi connectivity index (χ0v) is 15.9. The van der Waals surface area contributed by atoms with Gasteiger partial charge in [0, 0.05) is 6.92 Å². The Kier molecular flexibility index (Phi) is 7.07. The first-order valence-electron chi connectivity index (χ1n) is 9.17. The Morgan fingerprint density at radius 2 is 1.79 bits per heavy atom. The van der Waals surface area contributed by atoms with Crippen LogP contribution in [0.1, 0.15) is 6.92 Å². The Hall–Kier alpha value is -0.970. The molecule has 0 spiro atoms. The third kappa shape index (κ3) is 4.55. The molecule has 3 fully saturated rings. The maximum Gasteiger partial charge on any atom is 0.254 e. The number of carbonyl (C=O) groups is 1. The lowest BCUT2D eigenvalue weighted by Gasteiger charge is -2.46. The number of amides is 1. The number of aliphatic hydroxyl groups excluding tert-OH is 5. The highest BCUT2D eigenvalue weighted by molar-refractivity contribution is 5.73. The van der Waals surface area contributed by atoms with E-state index in [4.69, 9.17) is 19.5 Å². The smallest absolute Gasteiger partial charge is 0.254 e. The minimum Gasteiger partial charge on any atom is -0.408 e. The van der Waals surface area contributed by atoms with E-state index in [1.54, 1.807) is 7.11 Å². The third-order valence-corrected chi connectivity index (χ3v) is 5.43. The number of aliphatic hydroxyl groups is 5. The monoisotopic (exact) mass is 426 g/mol. The topological polar surface area (TPSA) is 190 Å². The number of carbonyl (C=O) groups excluding carboxylic acids is 1. The minimum atomic E-state index is -1.65. The van der Waals surface area contributed by atoms with Crippen LogP contribution in [0.2, 0.25) is 0 Å². The van der Waals surface area contributed by atoms with E-state index in [0.29, 0.717) is 6.61 Å². The molecule has 0 saturated carbocycles. The number of hydrogen-bond donors (Lipinski definition) is 7. The molecule has 3 aliphatic rings. The van der Waals surface area contributed by atoms with Crippen LogP contribution in [0.4, 0.5) is 0 Å². The van der Waals surface area contributed by atoms with Crippen molar-refractivity contribution in [1.82, 2.24) is 5.32 Å². The summed E-state index contributed by atoms with van der Waals surface area (Å²) in [7, 11) is 1.70. The van der Waals surface area contributed by atoms with Crippen molar-refractivity contribution >= 4 is 5.91 Å². The Labute approximate surface area is 165 Å². The quantitative estimate of drug-likeness (QED) is 0.0944.